The number of carboxylic acid groups (broad SMARTS) is 1. The third-order valence-corrected chi connectivity index (χ3v) is 18.4. The molecule has 5 aliphatic carbocycles. The fourth-order valence-electron chi connectivity index (χ4n) is 14.5. The van der Waals surface area contributed by atoms with Gasteiger partial charge in [0.15, 0.2) is 0 Å². The smallest absolute Gasteiger partial charge is 0.335 e. The normalized spacial score (nSPS) is 39.1. The molecule has 0 spiro atoms. The van der Waals surface area contributed by atoms with Crippen molar-refractivity contribution >= 4 is 23.5 Å². The molecule has 9 unspecified atom stereocenters. The molecule has 9 atom stereocenters. The molecule has 2 aromatic rings. The van der Waals surface area contributed by atoms with Crippen molar-refractivity contribution in [3.63, 3.8) is 0 Å². The molecule has 0 aromatic heterocycles. The largest absolute Gasteiger partial charge is 0.478 e. The number of hydrogen-bond acceptors (Lipinski definition) is 5. The maximum atomic E-state index is 11.6. The van der Waals surface area contributed by atoms with Crippen LogP contribution >= 0.6 is 11.9 Å². The molecular weight excluding hydrogens is 683 g/mol. The van der Waals surface area contributed by atoms with Crippen molar-refractivity contribution < 1.29 is 9.90 Å². The molecule has 0 amide bonds. The van der Waals surface area contributed by atoms with Crippen LogP contribution in [-0.2, 0) is 0 Å². The number of carbonyl (C=O) groups is 1. The molecule has 4 saturated carbocycles. The molecule has 1 aliphatic heterocycles. The molecule has 0 radical (unpaired) electrons. The van der Waals surface area contributed by atoms with E-state index >= 15 is 0 Å². The molecule has 6 heteroatoms. The SMILES string of the molecule is C=C(C)C1CCC2(NCCN3CCN(Sc4ccccc4)CC3)CCC3(C)C(CCC4C5(C)CC=C(c6ccc(C(=O)O)cc6)C(C)(C)C5CCC43C)C12. The van der Waals surface area contributed by atoms with E-state index in [-0.39, 0.29) is 16.4 Å². The zero-order chi connectivity index (χ0) is 38.1. The predicted octanol–water partition coefficient (Wildman–Crippen LogP) is 10.7. The molecule has 0 bridgehead atoms. The first-order valence-electron chi connectivity index (χ1n) is 21.4. The lowest BCUT2D eigenvalue weighted by molar-refractivity contribution is -0.219. The minimum Gasteiger partial charge on any atom is -0.478 e. The number of allylic oxidation sites excluding steroid dienone is 3. The summed E-state index contributed by atoms with van der Waals surface area (Å²) < 4.78 is 2.54. The van der Waals surface area contributed by atoms with Gasteiger partial charge in [-0.2, -0.15) is 0 Å². The van der Waals surface area contributed by atoms with E-state index in [0.29, 0.717) is 40.1 Å². The second-order valence-electron chi connectivity index (χ2n) is 19.9. The van der Waals surface area contributed by atoms with Gasteiger partial charge in [0.1, 0.15) is 0 Å². The number of fused-ring (bicyclic) bond motifs is 7. The number of rotatable bonds is 9. The van der Waals surface area contributed by atoms with Crippen molar-refractivity contribution in [1.29, 1.82) is 0 Å². The van der Waals surface area contributed by atoms with Crippen molar-refractivity contribution in [2.24, 2.45) is 51.2 Å². The number of hydrogen-bond donors (Lipinski definition) is 2. The number of nitrogens with one attached hydrogen (secondary N) is 1. The van der Waals surface area contributed by atoms with E-state index in [4.69, 9.17) is 0 Å². The number of aromatic carboxylic acids is 1. The van der Waals surface area contributed by atoms with Crippen LogP contribution in [0.3, 0.4) is 0 Å². The average molecular weight is 750 g/mol. The van der Waals surface area contributed by atoms with Crippen LogP contribution in [0.25, 0.3) is 5.57 Å². The first-order chi connectivity index (χ1) is 25.7. The Hall–Kier alpha value is -2.38. The molecule has 2 N–H and O–H groups in total. The van der Waals surface area contributed by atoms with Crippen molar-refractivity contribution in [1.82, 2.24) is 14.5 Å². The maximum Gasteiger partial charge on any atom is 0.335 e. The van der Waals surface area contributed by atoms with E-state index in [1.54, 1.807) is 12.1 Å². The van der Waals surface area contributed by atoms with Gasteiger partial charge in [-0.05, 0) is 163 Å². The van der Waals surface area contributed by atoms with Gasteiger partial charge in [0, 0.05) is 49.7 Å². The van der Waals surface area contributed by atoms with Gasteiger partial charge in [-0.1, -0.05) is 83.2 Å². The summed E-state index contributed by atoms with van der Waals surface area (Å²) in [5, 5.41) is 13.9. The highest BCUT2D eigenvalue weighted by atomic mass is 32.2. The van der Waals surface area contributed by atoms with Gasteiger partial charge < -0.3 is 10.4 Å². The third-order valence-electron chi connectivity index (χ3n) is 17.3. The van der Waals surface area contributed by atoms with Crippen LogP contribution in [0.4, 0.5) is 0 Å². The third kappa shape index (κ3) is 6.19. The number of piperazine rings is 1. The summed E-state index contributed by atoms with van der Waals surface area (Å²) >= 11 is 1.91. The maximum absolute atomic E-state index is 11.6. The first-order valence-corrected chi connectivity index (χ1v) is 22.1. The van der Waals surface area contributed by atoms with Crippen molar-refractivity contribution in [3.05, 3.63) is 84.0 Å². The van der Waals surface area contributed by atoms with Crippen LogP contribution in [0.1, 0.15) is 115 Å². The lowest BCUT2D eigenvalue weighted by atomic mass is 9.33. The lowest BCUT2D eigenvalue weighted by Crippen LogP contribution is -2.68. The van der Waals surface area contributed by atoms with Crippen LogP contribution in [-0.4, -0.2) is 65.1 Å². The van der Waals surface area contributed by atoms with E-state index < -0.39 is 5.97 Å². The Balaban J connectivity index is 0.984. The number of nitrogens with zero attached hydrogens (tertiary/aromatic N) is 2. The van der Waals surface area contributed by atoms with E-state index in [1.165, 1.54) is 73.0 Å². The van der Waals surface area contributed by atoms with E-state index in [2.05, 4.69) is 99.1 Å². The molecule has 54 heavy (non-hydrogen) atoms. The Morgan fingerprint density at radius 3 is 2.26 bits per heavy atom. The predicted molar refractivity (Wildman–Crippen MR) is 224 cm³/mol. The number of benzene rings is 2. The summed E-state index contributed by atoms with van der Waals surface area (Å²) in [6.07, 6.45) is 14.2. The van der Waals surface area contributed by atoms with Gasteiger partial charge in [-0.15, -0.1) is 0 Å². The minimum atomic E-state index is -0.854. The fourth-order valence-corrected chi connectivity index (χ4v) is 15.4. The Labute approximate surface area is 330 Å². The molecule has 1 heterocycles. The quantitative estimate of drug-likeness (QED) is 0.197. The highest BCUT2D eigenvalue weighted by molar-refractivity contribution is 7.97. The Kier molecular flexibility index (Phi) is 10.1. The summed E-state index contributed by atoms with van der Waals surface area (Å²) in [5.41, 5.74) is 5.58. The molecule has 1 saturated heterocycles. The van der Waals surface area contributed by atoms with Gasteiger partial charge in [-0.25, -0.2) is 9.10 Å². The summed E-state index contributed by atoms with van der Waals surface area (Å²) in [7, 11) is 0. The standard InChI is InChI=1S/C48H67N3O2S/c1-33(2)37-19-24-48(49-27-28-50-29-31-51(32-30-50)54-36-11-9-8-10-12-36)26-25-46(6)39(42(37)48)17-18-41-45(5)22-20-38(34-13-15-35(16-14-34)43(52)53)44(3,4)40(45)21-23-47(41,46)7/h8-16,20,37,39-42,49H,1,17-19,21-32H2,2-7H3,(H,52,53). The summed E-state index contributed by atoms with van der Waals surface area (Å²) in [4.78, 5) is 15.6. The van der Waals surface area contributed by atoms with Crippen LogP contribution < -0.4 is 5.32 Å². The molecule has 8 rings (SSSR count). The molecular formula is C48H67N3O2S. The van der Waals surface area contributed by atoms with Crippen LogP contribution in [0.5, 0.6) is 0 Å². The topological polar surface area (TPSA) is 55.8 Å². The molecule has 5 nitrogen and oxygen atoms in total. The van der Waals surface area contributed by atoms with Crippen LogP contribution in [0, 0.1) is 51.2 Å². The summed E-state index contributed by atoms with van der Waals surface area (Å²) in [6, 6.07) is 18.5. The van der Waals surface area contributed by atoms with Gasteiger partial charge in [0.25, 0.3) is 0 Å². The number of carboxylic acids is 1. The van der Waals surface area contributed by atoms with E-state index in [1.807, 2.05) is 24.1 Å². The molecule has 6 aliphatic rings. The summed E-state index contributed by atoms with van der Waals surface area (Å²) in [5.74, 6) is 2.50. The average Bonchev–Trinajstić information content (AvgIpc) is 3.53. The molecule has 5 fully saturated rings. The second kappa shape index (κ2) is 14.2. The fraction of sp³-hybridized carbons (Fsp3) is 0.646. The van der Waals surface area contributed by atoms with Crippen molar-refractivity contribution in [2.75, 3.05) is 39.3 Å². The zero-order valence-electron chi connectivity index (χ0n) is 34.1. The van der Waals surface area contributed by atoms with Gasteiger partial charge in [-0.3, -0.25) is 4.90 Å². The molecule has 2 aromatic carbocycles. The van der Waals surface area contributed by atoms with Gasteiger partial charge in [0.05, 0.1) is 5.56 Å². The van der Waals surface area contributed by atoms with E-state index in [0.717, 1.165) is 51.6 Å². The van der Waals surface area contributed by atoms with Crippen LogP contribution in [0.2, 0.25) is 0 Å². The highest BCUT2D eigenvalue weighted by Crippen LogP contribution is 2.76. The molecule has 292 valence electrons. The van der Waals surface area contributed by atoms with Crippen molar-refractivity contribution in [3.8, 4) is 0 Å². The second-order valence-corrected chi connectivity index (χ2v) is 21.0. The monoisotopic (exact) mass is 749 g/mol. The first kappa shape index (κ1) is 38.5. The Morgan fingerprint density at radius 1 is 0.852 bits per heavy atom. The van der Waals surface area contributed by atoms with Crippen molar-refractivity contribution in [2.45, 2.75) is 110 Å². The lowest BCUT2D eigenvalue weighted by Gasteiger charge is -2.72. The van der Waals surface area contributed by atoms with E-state index in [9.17, 15) is 9.90 Å². The van der Waals surface area contributed by atoms with Gasteiger partial charge in [0.2, 0.25) is 0 Å². The van der Waals surface area contributed by atoms with Crippen LogP contribution in [0.15, 0.2) is 77.7 Å². The van der Waals surface area contributed by atoms with Gasteiger partial charge >= 0.3 is 5.97 Å². The Morgan fingerprint density at radius 2 is 1.57 bits per heavy atom. The summed E-state index contributed by atoms with van der Waals surface area (Å²) in [6.45, 7) is 26.9. The minimum absolute atomic E-state index is 0.0341. The zero-order valence-corrected chi connectivity index (χ0v) is 34.9. The highest BCUT2D eigenvalue weighted by Gasteiger charge is 2.70. The Bertz CT molecular complexity index is 1750.